The number of halogens is 1. The molecule has 0 N–H and O–H groups in total. The number of anilines is 1. The number of carbonyl (C=O) groups is 1. The molecule has 5 heteroatoms. The summed E-state index contributed by atoms with van der Waals surface area (Å²) in [7, 11) is 0. The number of hydrogen-bond acceptors (Lipinski definition) is 3. The summed E-state index contributed by atoms with van der Waals surface area (Å²) in [6, 6.07) is 7.54. The third-order valence-electron chi connectivity index (χ3n) is 2.52. The summed E-state index contributed by atoms with van der Waals surface area (Å²) in [6.45, 7) is 0.940. The molecule has 2 aliphatic rings. The van der Waals surface area contributed by atoms with Gasteiger partial charge in [0, 0.05) is 0 Å². The van der Waals surface area contributed by atoms with E-state index in [1.165, 1.54) is 0 Å². The molecule has 0 spiro atoms. The van der Waals surface area contributed by atoms with E-state index in [9.17, 15) is 4.79 Å². The Labute approximate surface area is 93.2 Å². The molecule has 0 bridgehead atoms. The molecule has 1 fully saturated rings. The lowest BCUT2D eigenvalue weighted by atomic mass is 10.2. The number of cyclic esters (lactones) is 1. The Morgan fingerprint density at radius 1 is 1.20 bits per heavy atom. The fraction of sp³-hybridized carbons (Fsp3) is 0.300. The normalized spacial score (nSPS) is 22.0. The lowest BCUT2D eigenvalue weighted by molar-refractivity contribution is 0.176. The minimum Gasteiger partial charge on any atom is -0.489 e. The Bertz CT molecular complexity index is 396. The van der Waals surface area contributed by atoms with Gasteiger partial charge < -0.3 is 9.47 Å². The van der Waals surface area contributed by atoms with E-state index < -0.39 is 0 Å². The highest BCUT2D eigenvalue weighted by molar-refractivity contribution is 5.92. The van der Waals surface area contributed by atoms with Crippen LogP contribution in [0.15, 0.2) is 24.3 Å². The average molecular weight is 228 g/mol. The molecular formula is C10H10ClNO3. The number of ether oxygens (including phenoxy) is 2. The van der Waals surface area contributed by atoms with Crippen molar-refractivity contribution in [2.24, 2.45) is 0 Å². The number of amides is 1. The van der Waals surface area contributed by atoms with E-state index in [2.05, 4.69) is 0 Å². The summed E-state index contributed by atoms with van der Waals surface area (Å²) >= 11 is 0. The molecule has 15 heavy (non-hydrogen) atoms. The van der Waals surface area contributed by atoms with Crippen LogP contribution >= 0.6 is 12.4 Å². The SMILES string of the molecule is Cl.O=C1OCC2COc3ccccc3N12. The van der Waals surface area contributed by atoms with E-state index in [4.69, 9.17) is 9.47 Å². The van der Waals surface area contributed by atoms with E-state index in [1.807, 2.05) is 24.3 Å². The minimum absolute atomic E-state index is 0. The summed E-state index contributed by atoms with van der Waals surface area (Å²) in [6.07, 6.45) is -0.272. The van der Waals surface area contributed by atoms with Crippen molar-refractivity contribution in [2.75, 3.05) is 18.1 Å². The molecule has 0 aromatic heterocycles. The van der Waals surface area contributed by atoms with Gasteiger partial charge >= 0.3 is 6.09 Å². The van der Waals surface area contributed by atoms with Gasteiger partial charge in [0.1, 0.15) is 25.0 Å². The number of fused-ring (bicyclic) bond motifs is 3. The van der Waals surface area contributed by atoms with E-state index in [0.29, 0.717) is 13.2 Å². The first-order valence-corrected chi connectivity index (χ1v) is 4.54. The van der Waals surface area contributed by atoms with Crippen LogP contribution in [0.2, 0.25) is 0 Å². The molecular weight excluding hydrogens is 218 g/mol. The highest BCUT2D eigenvalue weighted by atomic mass is 35.5. The van der Waals surface area contributed by atoms with E-state index in [-0.39, 0.29) is 24.5 Å². The standard InChI is InChI=1S/C10H9NO3.ClH/c12-10-11-7(6-14-10)5-13-9-4-2-1-3-8(9)11;/h1-4,7H,5-6H2;1H. The maximum Gasteiger partial charge on any atom is 0.414 e. The highest BCUT2D eigenvalue weighted by Gasteiger charge is 2.39. The van der Waals surface area contributed by atoms with Crippen molar-refractivity contribution >= 4 is 24.2 Å². The number of hydrogen-bond donors (Lipinski definition) is 0. The Morgan fingerprint density at radius 2 is 1.93 bits per heavy atom. The molecule has 1 amide bonds. The van der Waals surface area contributed by atoms with Crippen LogP contribution in [0.5, 0.6) is 5.75 Å². The predicted molar refractivity (Wildman–Crippen MR) is 56.8 cm³/mol. The first-order valence-electron chi connectivity index (χ1n) is 4.54. The van der Waals surface area contributed by atoms with E-state index in [1.54, 1.807) is 4.90 Å². The Hall–Kier alpha value is -1.42. The van der Waals surface area contributed by atoms with Gasteiger partial charge in [0.05, 0.1) is 5.69 Å². The number of rotatable bonds is 0. The molecule has 0 aliphatic carbocycles. The van der Waals surface area contributed by atoms with Gasteiger partial charge in [0.15, 0.2) is 0 Å². The van der Waals surface area contributed by atoms with Gasteiger partial charge in [-0.15, -0.1) is 12.4 Å². The number of nitrogens with zero attached hydrogens (tertiary/aromatic N) is 1. The molecule has 3 rings (SSSR count). The van der Waals surface area contributed by atoms with Crippen molar-refractivity contribution in [3.63, 3.8) is 0 Å². The Balaban J connectivity index is 0.000000853. The Morgan fingerprint density at radius 3 is 2.80 bits per heavy atom. The molecule has 4 nitrogen and oxygen atoms in total. The van der Waals surface area contributed by atoms with Gasteiger partial charge in [0.25, 0.3) is 0 Å². The largest absolute Gasteiger partial charge is 0.489 e. The van der Waals surface area contributed by atoms with Gasteiger partial charge in [-0.1, -0.05) is 12.1 Å². The lowest BCUT2D eigenvalue weighted by Gasteiger charge is -2.28. The predicted octanol–water partition coefficient (Wildman–Crippen LogP) is 1.83. The molecule has 0 radical (unpaired) electrons. The fourth-order valence-electron chi connectivity index (χ4n) is 1.84. The molecule has 0 saturated carbocycles. The summed E-state index contributed by atoms with van der Waals surface area (Å²) in [4.78, 5) is 13.1. The number of benzene rings is 1. The molecule has 1 atom stereocenters. The van der Waals surface area contributed by atoms with Crippen molar-refractivity contribution in [1.82, 2.24) is 0 Å². The number of para-hydroxylation sites is 2. The summed E-state index contributed by atoms with van der Waals surface area (Å²) < 4.78 is 10.5. The average Bonchev–Trinajstić information content (AvgIpc) is 2.61. The number of carbonyl (C=O) groups excluding carboxylic acids is 1. The molecule has 1 unspecified atom stereocenters. The topological polar surface area (TPSA) is 38.8 Å². The first kappa shape index (κ1) is 10.1. The van der Waals surface area contributed by atoms with Gasteiger partial charge in [-0.3, -0.25) is 4.90 Å². The van der Waals surface area contributed by atoms with Crippen LogP contribution in [-0.4, -0.2) is 25.3 Å². The van der Waals surface area contributed by atoms with Crippen molar-refractivity contribution in [3.05, 3.63) is 24.3 Å². The monoisotopic (exact) mass is 227 g/mol. The quantitative estimate of drug-likeness (QED) is 0.679. The van der Waals surface area contributed by atoms with Crippen LogP contribution in [-0.2, 0) is 4.74 Å². The zero-order valence-electron chi connectivity index (χ0n) is 7.88. The molecule has 1 aromatic carbocycles. The van der Waals surface area contributed by atoms with Crippen LogP contribution in [0.1, 0.15) is 0 Å². The van der Waals surface area contributed by atoms with Crippen LogP contribution < -0.4 is 9.64 Å². The zero-order chi connectivity index (χ0) is 9.54. The summed E-state index contributed by atoms with van der Waals surface area (Å²) in [5.74, 6) is 0.752. The zero-order valence-corrected chi connectivity index (χ0v) is 8.70. The van der Waals surface area contributed by atoms with E-state index in [0.717, 1.165) is 11.4 Å². The van der Waals surface area contributed by atoms with Crippen molar-refractivity contribution in [2.45, 2.75) is 6.04 Å². The van der Waals surface area contributed by atoms with Crippen LogP contribution in [0.4, 0.5) is 10.5 Å². The fourth-order valence-corrected chi connectivity index (χ4v) is 1.84. The van der Waals surface area contributed by atoms with Crippen molar-refractivity contribution in [1.29, 1.82) is 0 Å². The molecule has 2 heterocycles. The van der Waals surface area contributed by atoms with Crippen LogP contribution in [0.25, 0.3) is 0 Å². The third-order valence-corrected chi connectivity index (χ3v) is 2.52. The van der Waals surface area contributed by atoms with Crippen molar-refractivity contribution < 1.29 is 14.3 Å². The van der Waals surface area contributed by atoms with Gasteiger partial charge in [0.2, 0.25) is 0 Å². The molecule has 1 saturated heterocycles. The lowest BCUT2D eigenvalue weighted by Crippen LogP contribution is -2.41. The second kappa shape index (κ2) is 3.62. The molecule has 80 valence electrons. The van der Waals surface area contributed by atoms with Crippen molar-refractivity contribution in [3.8, 4) is 5.75 Å². The minimum atomic E-state index is -0.272. The maximum absolute atomic E-state index is 11.4. The van der Waals surface area contributed by atoms with Crippen LogP contribution in [0.3, 0.4) is 0 Å². The third kappa shape index (κ3) is 1.41. The molecule has 2 aliphatic heterocycles. The van der Waals surface area contributed by atoms with Gasteiger partial charge in [-0.2, -0.15) is 0 Å². The van der Waals surface area contributed by atoms with Crippen LogP contribution in [0, 0.1) is 0 Å². The summed E-state index contributed by atoms with van der Waals surface area (Å²) in [5, 5.41) is 0. The van der Waals surface area contributed by atoms with Gasteiger partial charge in [-0.25, -0.2) is 4.79 Å². The Kier molecular flexibility index (Phi) is 2.44. The van der Waals surface area contributed by atoms with E-state index >= 15 is 0 Å². The second-order valence-corrected chi connectivity index (χ2v) is 3.38. The second-order valence-electron chi connectivity index (χ2n) is 3.38. The summed E-state index contributed by atoms with van der Waals surface area (Å²) in [5.41, 5.74) is 0.811. The molecule has 1 aromatic rings. The highest BCUT2D eigenvalue weighted by Crippen LogP contribution is 2.35. The van der Waals surface area contributed by atoms with Gasteiger partial charge in [-0.05, 0) is 12.1 Å². The first-order chi connectivity index (χ1) is 6.86. The smallest absolute Gasteiger partial charge is 0.414 e. The maximum atomic E-state index is 11.4.